The van der Waals surface area contributed by atoms with E-state index in [1.165, 1.54) is 13.1 Å². The van der Waals surface area contributed by atoms with E-state index in [4.69, 9.17) is 16.3 Å². The van der Waals surface area contributed by atoms with Crippen LogP contribution >= 0.6 is 11.6 Å². The summed E-state index contributed by atoms with van der Waals surface area (Å²) < 4.78 is 7.05. The van der Waals surface area contributed by atoms with Crippen LogP contribution in [0, 0.1) is 0 Å². The van der Waals surface area contributed by atoms with Crippen molar-refractivity contribution in [2.24, 2.45) is 0 Å². The fourth-order valence-electron chi connectivity index (χ4n) is 3.23. The lowest BCUT2D eigenvalue weighted by Crippen LogP contribution is -2.50. The van der Waals surface area contributed by atoms with E-state index in [2.05, 4.69) is 30.9 Å². The van der Waals surface area contributed by atoms with Crippen LogP contribution in [0.15, 0.2) is 24.4 Å². The molecule has 1 fully saturated rings. The number of aromatic nitrogens is 5. The number of carbonyl (C=O) groups excluding carboxylic acids is 2. The van der Waals surface area contributed by atoms with Crippen molar-refractivity contribution < 1.29 is 14.3 Å². The van der Waals surface area contributed by atoms with Crippen molar-refractivity contribution in [3.63, 3.8) is 0 Å². The number of likely N-dealkylation sites (tertiary alicyclic amines) is 1. The highest BCUT2D eigenvalue weighted by atomic mass is 35.5. The maximum atomic E-state index is 12.1. The van der Waals surface area contributed by atoms with Crippen molar-refractivity contribution in [3.8, 4) is 0 Å². The number of anilines is 2. The van der Waals surface area contributed by atoms with Crippen LogP contribution in [0.25, 0.3) is 5.65 Å². The Morgan fingerprint density at radius 2 is 1.97 bits per heavy atom. The van der Waals surface area contributed by atoms with E-state index in [1.807, 2.05) is 39.1 Å². The van der Waals surface area contributed by atoms with Crippen molar-refractivity contribution in [2.75, 3.05) is 25.5 Å². The predicted molar refractivity (Wildman–Crippen MR) is 117 cm³/mol. The van der Waals surface area contributed by atoms with Crippen LogP contribution in [-0.4, -0.2) is 67.4 Å². The summed E-state index contributed by atoms with van der Waals surface area (Å²) in [6, 6.07) is 5.29. The van der Waals surface area contributed by atoms with Crippen LogP contribution in [0.4, 0.5) is 16.4 Å². The molecule has 168 valence electrons. The molecular weight excluding hydrogens is 436 g/mol. The molecule has 12 heteroatoms. The third-order valence-corrected chi connectivity index (χ3v) is 5.00. The van der Waals surface area contributed by atoms with Gasteiger partial charge >= 0.3 is 6.09 Å². The minimum atomic E-state index is -0.516. The van der Waals surface area contributed by atoms with E-state index >= 15 is 0 Å². The van der Waals surface area contributed by atoms with E-state index in [1.54, 1.807) is 9.42 Å². The Hall–Kier alpha value is -3.47. The second kappa shape index (κ2) is 8.23. The molecule has 0 bridgehead atoms. The molecule has 3 aromatic heterocycles. The number of hydrogen-bond donors (Lipinski definition) is 2. The number of ether oxygens (including phenoxy) is 1. The van der Waals surface area contributed by atoms with Gasteiger partial charge in [0.2, 0.25) is 5.95 Å². The van der Waals surface area contributed by atoms with Crippen LogP contribution in [0.1, 0.15) is 42.7 Å². The maximum Gasteiger partial charge on any atom is 0.410 e. The quantitative estimate of drug-likeness (QED) is 0.610. The number of amides is 2. The normalized spacial score (nSPS) is 14.2. The molecule has 0 aromatic carbocycles. The zero-order chi connectivity index (χ0) is 23.0. The number of carbonyl (C=O) groups is 2. The fraction of sp³-hybridized carbons (Fsp3) is 0.400. The summed E-state index contributed by atoms with van der Waals surface area (Å²) in [5, 5.41) is 17.6. The molecule has 0 radical (unpaired) electrons. The van der Waals surface area contributed by atoms with Crippen molar-refractivity contribution in [1.29, 1.82) is 0 Å². The zero-order valence-electron chi connectivity index (χ0n) is 18.1. The Balaban J connectivity index is 1.49. The molecule has 0 atom stereocenters. The number of nitrogens with zero attached hydrogens (tertiary/aromatic N) is 6. The molecule has 0 saturated carbocycles. The molecule has 4 heterocycles. The topological polar surface area (TPSA) is 127 Å². The third kappa shape index (κ3) is 4.57. The molecule has 1 saturated heterocycles. The molecule has 0 spiro atoms. The van der Waals surface area contributed by atoms with Crippen LogP contribution in [-0.2, 0) is 4.74 Å². The van der Waals surface area contributed by atoms with Crippen LogP contribution in [0.2, 0.25) is 5.15 Å². The second-order valence-corrected chi connectivity index (χ2v) is 8.80. The molecule has 1 aliphatic rings. The molecule has 0 unspecified atom stereocenters. The standard InChI is InChI=1S/C20H23ClN8O3/c1-20(2,3)32-19(31)28-8-12(9-28)11-5-6-15-24-18(27-29(15)10-11)23-13-7-14(21)25-26-16(13)17(30)22-4/h5-7,10,12H,8-9H2,1-4H3,(H,22,30)(H,23,25,27). The fourth-order valence-corrected chi connectivity index (χ4v) is 3.38. The Morgan fingerprint density at radius 3 is 2.66 bits per heavy atom. The summed E-state index contributed by atoms with van der Waals surface area (Å²) in [6.07, 6.45) is 1.57. The lowest BCUT2D eigenvalue weighted by Gasteiger charge is -2.39. The van der Waals surface area contributed by atoms with E-state index in [0.29, 0.717) is 24.4 Å². The molecule has 2 amide bonds. The monoisotopic (exact) mass is 458 g/mol. The highest BCUT2D eigenvalue weighted by Gasteiger charge is 2.34. The van der Waals surface area contributed by atoms with Crippen LogP contribution in [0.3, 0.4) is 0 Å². The molecule has 32 heavy (non-hydrogen) atoms. The number of pyridine rings is 1. The minimum absolute atomic E-state index is 0.0770. The van der Waals surface area contributed by atoms with Crippen molar-refractivity contribution in [2.45, 2.75) is 32.3 Å². The van der Waals surface area contributed by atoms with Crippen molar-refractivity contribution in [1.82, 2.24) is 35.0 Å². The minimum Gasteiger partial charge on any atom is -0.444 e. The van der Waals surface area contributed by atoms with Gasteiger partial charge in [-0.05, 0) is 32.4 Å². The zero-order valence-corrected chi connectivity index (χ0v) is 18.8. The molecule has 0 aliphatic carbocycles. The first kappa shape index (κ1) is 21.8. The summed E-state index contributed by atoms with van der Waals surface area (Å²) in [5.41, 5.74) is 1.56. The Bertz CT molecular complexity index is 1180. The largest absolute Gasteiger partial charge is 0.444 e. The van der Waals surface area contributed by atoms with E-state index in [9.17, 15) is 9.59 Å². The molecule has 1 aliphatic heterocycles. The first-order chi connectivity index (χ1) is 15.1. The van der Waals surface area contributed by atoms with E-state index in [0.717, 1.165) is 5.56 Å². The van der Waals surface area contributed by atoms with Gasteiger partial charge in [-0.1, -0.05) is 17.7 Å². The molecule has 4 rings (SSSR count). The number of nitrogens with one attached hydrogen (secondary N) is 2. The summed E-state index contributed by atoms with van der Waals surface area (Å²) >= 11 is 5.93. The first-order valence-electron chi connectivity index (χ1n) is 9.99. The van der Waals surface area contributed by atoms with Gasteiger partial charge in [-0.15, -0.1) is 15.3 Å². The highest BCUT2D eigenvalue weighted by Crippen LogP contribution is 2.29. The van der Waals surface area contributed by atoms with Crippen molar-refractivity contribution in [3.05, 3.63) is 40.8 Å². The van der Waals surface area contributed by atoms with Gasteiger partial charge in [-0.2, -0.15) is 4.98 Å². The van der Waals surface area contributed by atoms with Gasteiger partial charge in [0.15, 0.2) is 16.5 Å². The lowest BCUT2D eigenvalue weighted by atomic mass is 9.93. The smallest absolute Gasteiger partial charge is 0.410 e. The van der Waals surface area contributed by atoms with Gasteiger partial charge in [0.05, 0.1) is 5.69 Å². The summed E-state index contributed by atoms with van der Waals surface area (Å²) in [5.74, 6) is 0.0539. The lowest BCUT2D eigenvalue weighted by molar-refractivity contribution is 0.00815. The average Bonchev–Trinajstić information content (AvgIpc) is 3.06. The first-order valence-corrected chi connectivity index (χ1v) is 10.4. The summed E-state index contributed by atoms with van der Waals surface area (Å²) in [7, 11) is 1.50. The third-order valence-electron chi connectivity index (χ3n) is 4.81. The Labute approximate surface area is 189 Å². The molecular formula is C20H23ClN8O3. The summed E-state index contributed by atoms with van der Waals surface area (Å²) in [4.78, 5) is 30.3. The van der Waals surface area contributed by atoms with Crippen LogP contribution < -0.4 is 10.6 Å². The number of hydrogen-bond acceptors (Lipinski definition) is 8. The van der Waals surface area contributed by atoms with Gasteiger partial charge in [0, 0.05) is 38.3 Å². The number of halogens is 1. The molecule has 3 aromatic rings. The van der Waals surface area contributed by atoms with Crippen molar-refractivity contribution >= 4 is 40.9 Å². The Morgan fingerprint density at radius 1 is 1.22 bits per heavy atom. The van der Waals surface area contributed by atoms with E-state index in [-0.39, 0.29) is 28.8 Å². The van der Waals surface area contributed by atoms with Gasteiger partial charge in [0.1, 0.15) is 5.60 Å². The van der Waals surface area contributed by atoms with E-state index < -0.39 is 11.5 Å². The van der Waals surface area contributed by atoms with Gasteiger partial charge in [-0.25, -0.2) is 9.31 Å². The molecule has 2 N–H and O–H groups in total. The number of rotatable bonds is 4. The number of fused-ring (bicyclic) bond motifs is 1. The van der Waals surface area contributed by atoms with Crippen LogP contribution in [0.5, 0.6) is 0 Å². The van der Waals surface area contributed by atoms with Gasteiger partial charge in [0.25, 0.3) is 5.91 Å². The SMILES string of the molecule is CNC(=O)c1nnc(Cl)cc1Nc1nc2ccc(C3CN(C(=O)OC(C)(C)C)C3)cn2n1. The molecule has 11 nitrogen and oxygen atoms in total. The Kier molecular flexibility index (Phi) is 5.59. The maximum absolute atomic E-state index is 12.1. The highest BCUT2D eigenvalue weighted by molar-refractivity contribution is 6.29. The average molecular weight is 459 g/mol. The second-order valence-electron chi connectivity index (χ2n) is 8.42. The predicted octanol–water partition coefficient (Wildman–Crippen LogP) is 2.61. The van der Waals surface area contributed by atoms with Gasteiger partial charge in [-0.3, -0.25) is 4.79 Å². The van der Waals surface area contributed by atoms with Gasteiger partial charge < -0.3 is 20.3 Å². The summed E-state index contributed by atoms with van der Waals surface area (Å²) in [6.45, 7) is 6.70.